The van der Waals surface area contributed by atoms with Crippen LogP contribution in [0.1, 0.15) is 60.6 Å². The monoisotopic (exact) mass is 866 g/mol. The third-order valence-corrected chi connectivity index (χ3v) is 10.9. The summed E-state index contributed by atoms with van der Waals surface area (Å²) in [6.45, 7) is 0. The van der Waals surface area contributed by atoms with Crippen molar-refractivity contribution < 1.29 is 42.8 Å². The second-order valence-corrected chi connectivity index (χ2v) is 15.5. The van der Waals surface area contributed by atoms with Crippen molar-refractivity contribution in [2.24, 2.45) is 0 Å². The lowest BCUT2D eigenvalue weighted by molar-refractivity contribution is 0.103. The van der Waals surface area contributed by atoms with Crippen molar-refractivity contribution in [2.45, 2.75) is 12.8 Å². The molecule has 0 N–H and O–H groups in total. The zero-order valence-corrected chi connectivity index (χ0v) is 35.2. The van der Waals surface area contributed by atoms with Crippen LogP contribution in [-0.2, 0) is 0 Å². The quantitative estimate of drug-likeness (QED) is 0.147. The van der Waals surface area contributed by atoms with Crippen molar-refractivity contribution >= 4 is 17.3 Å². The molecule has 0 amide bonds. The molecule has 0 fully saturated rings. The fourth-order valence-electron chi connectivity index (χ4n) is 7.31. The number of allylic oxidation sites excluding steroid dienone is 4. The second kappa shape index (κ2) is 18.4. The smallest absolute Gasteiger partial charge is 0.193 e. The number of carbonyl (C=O) groups excluding carboxylic acids is 3. The van der Waals surface area contributed by atoms with E-state index in [0.29, 0.717) is 104 Å². The minimum atomic E-state index is -0.136. The lowest BCUT2D eigenvalue weighted by atomic mass is 10.0. The molecule has 0 unspecified atom stereocenters. The van der Waals surface area contributed by atoms with Gasteiger partial charge in [0.05, 0.1) is 0 Å². The zero-order chi connectivity index (χ0) is 44.8. The van der Waals surface area contributed by atoms with Crippen molar-refractivity contribution in [3.8, 4) is 57.5 Å². The molecule has 320 valence electrons. The van der Waals surface area contributed by atoms with Crippen LogP contribution >= 0.6 is 0 Å². The van der Waals surface area contributed by atoms with Gasteiger partial charge >= 0.3 is 0 Å². The van der Waals surface area contributed by atoms with Crippen molar-refractivity contribution in [1.82, 2.24) is 0 Å². The Kier molecular flexibility index (Phi) is 11.5. The number of ketones is 3. The fraction of sp³-hybridized carbons (Fsp3) is 0.0351. The molecule has 1 aliphatic carbocycles. The first-order valence-corrected chi connectivity index (χ1v) is 21.3. The normalized spacial score (nSPS) is 13.7. The summed E-state index contributed by atoms with van der Waals surface area (Å²) in [5.74, 6) is 7.08. The van der Waals surface area contributed by atoms with Gasteiger partial charge in [-0.2, -0.15) is 0 Å². The molecule has 8 aromatic rings. The molecule has 8 aromatic carbocycles. The maximum Gasteiger partial charge on any atom is 0.193 e. The van der Waals surface area contributed by atoms with Gasteiger partial charge in [-0.1, -0.05) is 0 Å². The van der Waals surface area contributed by atoms with Gasteiger partial charge in [-0.3, -0.25) is 14.4 Å². The van der Waals surface area contributed by atoms with E-state index < -0.39 is 0 Å². The summed E-state index contributed by atoms with van der Waals surface area (Å²) >= 11 is 0. The molecule has 10 heterocycles. The van der Waals surface area contributed by atoms with E-state index in [4.69, 9.17) is 28.4 Å². The number of fused-ring (bicyclic) bond motifs is 9. The van der Waals surface area contributed by atoms with Gasteiger partial charge in [0.25, 0.3) is 0 Å². The highest BCUT2D eigenvalue weighted by molar-refractivity contribution is 6.10. The zero-order valence-electron chi connectivity index (χ0n) is 35.2. The van der Waals surface area contributed by atoms with E-state index in [2.05, 4.69) is 0 Å². The van der Waals surface area contributed by atoms with Gasteiger partial charge in [-0.15, -0.1) is 0 Å². The van der Waals surface area contributed by atoms with Crippen molar-refractivity contribution in [3.05, 3.63) is 251 Å². The van der Waals surface area contributed by atoms with Crippen LogP contribution in [0, 0.1) is 0 Å². The van der Waals surface area contributed by atoms with Gasteiger partial charge in [0.2, 0.25) is 0 Å². The number of rotatable bonds is 0. The van der Waals surface area contributed by atoms with Crippen LogP contribution in [0.3, 0.4) is 0 Å². The van der Waals surface area contributed by atoms with Gasteiger partial charge in [0.15, 0.2) is 17.3 Å². The summed E-state index contributed by atoms with van der Waals surface area (Å²) in [4.78, 5) is 40.0. The molecular weight excluding hydrogens is 829 g/mol. The summed E-state index contributed by atoms with van der Waals surface area (Å²) in [5.41, 5.74) is 3.14. The first kappa shape index (κ1) is 41.1. The predicted octanol–water partition coefficient (Wildman–Crippen LogP) is 13.9. The maximum atomic E-state index is 13.3. The molecule has 66 heavy (non-hydrogen) atoms. The van der Waals surface area contributed by atoms with E-state index in [1.807, 2.05) is 12.2 Å². The van der Waals surface area contributed by atoms with Gasteiger partial charge in [-0.05, 0) is 206 Å². The Morgan fingerprint density at radius 2 is 0.364 bits per heavy atom. The van der Waals surface area contributed by atoms with E-state index in [1.54, 1.807) is 194 Å². The predicted molar refractivity (Wildman–Crippen MR) is 249 cm³/mol. The molecule has 0 aromatic heterocycles. The largest absolute Gasteiger partial charge is 0.462 e. The van der Waals surface area contributed by atoms with Gasteiger partial charge in [-0.25, -0.2) is 0 Å². The Hall–Kier alpha value is -8.95. The molecule has 0 saturated heterocycles. The minimum Gasteiger partial charge on any atom is -0.462 e. The lowest BCUT2D eigenvalue weighted by Gasteiger charge is -2.16. The van der Waals surface area contributed by atoms with E-state index in [0.717, 1.165) is 11.5 Å². The van der Waals surface area contributed by atoms with Crippen molar-refractivity contribution in [2.75, 3.05) is 0 Å². The van der Waals surface area contributed by atoms with Crippen LogP contribution in [0.4, 0.5) is 0 Å². The summed E-state index contributed by atoms with van der Waals surface area (Å²) < 4.78 is 36.4. The molecule has 0 saturated carbocycles. The number of benzene rings is 8. The molecule has 0 atom stereocenters. The number of hydrogen-bond donors (Lipinski definition) is 0. The molecule has 9 nitrogen and oxygen atoms in total. The van der Waals surface area contributed by atoms with E-state index in [9.17, 15) is 14.4 Å². The van der Waals surface area contributed by atoms with E-state index in [1.165, 1.54) is 0 Å². The highest BCUT2D eigenvalue weighted by Crippen LogP contribution is 2.32. The Labute approximate surface area is 380 Å². The Balaban J connectivity index is 0.855. The van der Waals surface area contributed by atoms with Crippen LogP contribution in [-0.4, -0.2) is 17.3 Å². The van der Waals surface area contributed by atoms with E-state index >= 15 is 0 Å². The van der Waals surface area contributed by atoms with Crippen molar-refractivity contribution in [3.63, 3.8) is 0 Å². The van der Waals surface area contributed by atoms with Gasteiger partial charge < -0.3 is 28.4 Å². The van der Waals surface area contributed by atoms with Gasteiger partial charge in [0.1, 0.15) is 69.0 Å². The number of carbonyl (C=O) groups is 3. The number of ether oxygens (including phenoxy) is 6. The average molecular weight is 867 g/mol. The third-order valence-electron chi connectivity index (χ3n) is 10.9. The molecule has 10 aliphatic heterocycles. The maximum absolute atomic E-state index is 13.3. The third kappa shape index (κ3) is 9.66. The standard InChI is InChI=1S/C57H38O9/c58-55-37-1-13-43(14-2-37)61-49-25-27-50(28-26-49)63-45-17-5-39(6-18-45)56(59)40-9-21-47(22-10-40)65-53-33-35-54(36-34-53)66-48-23-11-42(12-24-48)57(60)41-7-19-46(20-8-41)64-52-31-29-51(30-32-52)62-44-15-3-38(55)4-16-44/h1-33,35H,34,36H2. The Bertz CT molecular complexity index is 2880. The van der Waals surface area contributed by atoms with E-state index in [-0.39, 0.29) is 17.3 Å². The van der Waals surface area contributed by atoms with Crippen LogP contribution in [0.2, 0.25) is 0 Å². The van der Waals surface area contributed by atoms with Crippen LogP contribution < -0.4 is 28.4 Å². The molecule has 9 heteroatoms. The molecule has 19 rings (SSSR count). The van der Waals surface area contributed by atoms with Crippen LogP contribution in [0.15, 0.2) is 218 Å². The fourth-order valence-corrected chi connectivity index (χ4v) is 7.31. The number of hydrogen-bond acceptors (Lipinski definition) is 9. The topological polar surface area (TPSA) is 107 Å². The highest BCUT2D eigenvalue weighted by Gasteiger charge is 2.16. The Morgan fingerprint density at radius 1 is 0.212 bits per heavy atom. The molecule has 11 aliphatic rings. The molecule has 0 radical (unpaired) electrons. The molecule has 0 spiro atoms. The molecular formula is C57H38O9. The highest BCUT2D eigenvalue weighted by atomic mass is 16.5. The van der Waals surface area contributed by atoms with Crippen LogP contribution in [0.5, 0.6) is 57.5 Å². The van der Waals surface area contributed by atoms with Crippen LogP contribution in [0.25, 0.3) is 0 Å². The van der Waals surface area contributed by atoms with Crippen molar-refractivity contribution in [1.29, 1.82) is 0 Å². The SMILES string of the molecule is O=C1c2ccc(cc2)OC2=CC=C(CC2)Oc2ccc(cc2)C(=O)c2ccc(cc2)Oc2ccc(cc2)Oc2ccc(cc2)C(=O)c2ccc(cc2)Oc2ccc(cc2)Oc2ccc1cc2. The molecule has 18 bridgehead atoms. The summed E-state index contributed by atoms with van der Waals surface area (Å²) in [6.07, 6.45) is 5.01. The summed E-state index contributed by atoms with van der Waals surface area (Å²) in [7, 11) is 0. The first-order valence-electron chi connectivity index (χ1n) is 21.3. The first-order chi connectivity index (χ1) is 32.3. The second-order valence-electron chi connectivity index (χ2n) is 15.5. The minimum absolute atomic E-state index is 0.124. The summed E-state index contributed by atoms with van der Waals surface area (Å²) in [5, 5.41) is 0. The van der Waals surface area contributed by atoms with Gasteiger partial charge in [0, 0.05) is 46.2 Å². The average Bonchev–Trinajstić information content (AvgIpc) is 3.36. The Morgan fingerprint density at radius 3 is 0.530 bits per heavy atom. The lowest BCUT2D eigenvalue weighted by Crippen LogP contribution is -2.05. The summed E-state index contributed by atoms with van der Waals surface area (Å²) in [6, 6.07) is 56.4.